The van der Waals surface area contributed by atoms with Gasteiger partial charge >= 0.3 is 5.69 Å². The summed E-state index contributed by atoms with van der Waals surface area (Å²) in [6, 6.07) is 5.28. The molecule has 0 saturated carbocycles. The average molecular weight is 316 g/mol. The van der Waals surface area contributed by atoms with E-state index >= 15 is 0 Å². The lowest BCUT2D eigenvalue weighted by Crippen LogP contribution is -2.41. The van der Waals surface area contributed by atoms with Crippen molar-refractivity contribution >= 4 is 22.8 Å². The van der Waals surface area contributed by atoms with Crippen molar-refractivity contribution in [1.29, 1.82) is 0 Å². The lowest BCUT2D eigenvalue weighted by atomic mass is 9.96. The minimum Gasteiger partial charge on any atom is -0.369 e. The third-order valence-electron chi connectivity index (χ3n) is 4.70. The number of imidazole rings is 1. The van der Waals surface area contributed by atoms with Gasteiger partial charge in [0.25, 0.3) is 5.91 Å². The standard InChI is InChI=1S/C16H20N4O3/c1-18-12-4-3-11(9-13(12)19(2)16(18)23)15(22)20-7-5-10(6-8-20)14(17)21/h3-4,9-10H,5-8H2,1-2H3,(H2,17,21). The molecule has 0 atom stereocenters. The Morgan fingerprint density at radius 1 is 1.09 bits per heavy atom. The third-order valence-corrected chi connectivity index (χ3v) is 4.70. The Morgan fingerprint density at radius 3 is 2.30 bits per heavy atom. The minimum absolute atomic E-state index is 0.0777. The molecule has 2 aromatic rings. The molecule has 1 fully saturated rings. The Labute approximate surface area is 133 Å². The van der Waals surface area contributed by atoms with Crippen molar-refractivity contribution in [2.24, 2.45) is 25.7 Å². The number of aromatic nitrogens is 2. The van der Waals surface area contributed by atoms with Gasteiger partial charge in [-0.25, -0.2) is 4.79 Å². The first kappa shape index (κ1) is 15.3. The van der Waals surface area contributed by atoms with Crippen LogP contribution in [0, 0.1) is 5.92 Å². The summed E-state index contributed by atoms with van der Waals surface area (Å²) in [7, 11) is 3.40. The number of aryl methyl sites for hydroxylation is 2. The summed E-state index contributed by atoms with van der Waals surface area (Å²) in [6.07, 6.45) is 1.21. The maximum Gasteiger partial charge on any atom is 0.328 e. The zero-order valence-electron chi connectivity index (χ0n) is 13.3. The number of benzene rings is 1. The van der Waals surface area contributed by atoms with E-state index in [-0.39, 0.29) is 23.4 Å². The minimum atomic E-state index is -0.294. The molecule has 2 amide bonds. The molecule has 0 spiro atoms. The Kier molecular flexibility index (Phi) is 3.71. The molecule has 0 bridgehead atoms. The molecule has 0 radical (unpaired) electrons. The van der Waals surface area contributed by atoms with Crippen LogP contribution in [0.2, 0.25) is 0 Å². The van der Waals surface area contributed by atoms with E-state index in [1.54, 1.807) is 41.8 Å². The summed E-state index contributed by atoms with van der Waals surface area (Å²) in [4.78, 5) is 37.5. The van der Waals surface area contributed by atoms with Crippen molar-refractivity contribution in [3.05, 3.63) is 34.2 Å². The number of nitrogens with zero attached hydrogens (tertiary/aromatic N) is 3. The number of amides is 2. The van der Waals surface area contributed by atoms with Gasteiger partial charge in [-0.05, 0) is 31.0 Å². The van der Waals surface area contributed by atoms with Crippen molar-refractivity contribution in [2.75, 3.05) is 13.1 Å². The highest BCUT2D eigenvalue weighted by Gasteiger charge is 2.26. The predicted octanol–water partition coefficient (Wildman–Crippen LogP) is 0.215. The van der Waals surface area contributed by atoms with Gasteiger partial charge in [-0.2, -0.15) is 0 Å². The number of hydrogen-bond acceptors (Lipinski definition) is 3. The first-order valence-corrected chi connectivity index (χ1v) is 7.64. The van der Waals surface area contributed by atoms with E-state index in [9.17, 15) is 14.4 Å². The average Bonchev–Trinajstić information content (AvgIpc) is 2.78. The van der Waals surface area contributed by atoms with Gasteiger partial charge in [-0.15, -0.1) is 0 Å². The van der Waals surface area contributed by atoms with Gasteiger partial charge in [-0.3, -0.25) is 18.7 Å². The molecule has 2 N–H and O–H groups in total. The molecular formula is C16H20N4O3. The van der Waals surface area contributed by atoms with Crippen molar-refractivity contribution in [3.63, 3.8) is 0 Å². The van der Waals surface area contributed by atoms with Crippen LogP contribution in [0.1, 0.15) is 23.2 Å². The number of primary amides is 1. The maximum absolute atomic E-state index is 12.6. The zero-order chi connectivity index (χ0) is 16.7. The largest absolute Gasteiger partial charge is 0.369 e. The second-order valence-corrected chi connectivity index (χ2v) is 6.07. The van der Waals surface area contributed by atoms with Crippen molar-refractivity contribution in [2.45, 2.75) is 12.8 Å². The summed E-state index contributed by atoms with van der Waals surface area (Å²) >= 11 is 0. The van der Waals surface area contributed by atoms with Crippen LogP contribution in [0.3, 0.4) is 0 Å². The molecule has 2 heterocycles. The van der Waals surface area contributed by atoms with Crippen molar-refractivity contribution in [1.82, 2.24) is 14.0 Å². The SMILES string of the molecule is Cn1c(=O)n(C)c2cc(C(=O)N3CCC(C(N)=O)CC3)ccc21. The lowest BCUT2D eigenvalue weighted by molar-refractivity contribution is -0.123. The number of hydrogen-bond donors (Lipinski definition) is 1. The second-order valence-electron chi connectivity index (χ2n) is 6.07. The normalized spacial score (nSPS) is 16.0. The van der Waals surface area contributed by atoms with Gasteiger partial charge in [0.15, 0.2) is 0 Å². The van der Waals surface area contributed by atoms with E-state index in [1.165, 1.54) is 4.57 Å². The zero-order valence-corrected chi connectivity index (χ0v) is 13.3. The van der Waals surface area contributed by atoms with E-state index in [1.807, 2.05) is 0 Å². The van der Waals surface area contributed by atoms with Crippen LogP contribution < -0.4 is 11.4 Å². The van der Waals surface area contributed by atoms with Gasteiger partial charge in [0.2, 0.25) is 5.91 Å². The molecular weight excluding hydrogens is 296 g/mol. The maximum atomic E-state index is 12.6. The Morgan fingerprint density at radius 2 is 1.70 bits per heavy atom. The van der Waals surface area contributed by atoms with Crippen LogP contribution in [0.4, 0.5) is 0 Å². The number of carbonyl (C=O) groups excluding carboxylic acids is 2. The van der Waals surface area contributed by atoms with E-state index < -0.39 is 0 Å². The molecule has 3 rings (SSSR count). The molecule has 1 aromatic carbocycles. The third kappa shape index (κ3) is 2.52. The smallest absolute Gasteiger partial charge is 0.328 e. The molecule has 1 aliphatic rings. The van der Waals surface area contributed by atoms with Crippen LogP contribution >= 0.6 is 0 Å². The van der Waals surface area contributed by atoms with Crippen LogP contribution in [0.5, 0.6) is 0 Å². The molecule has 1 aromatic heterocycles. The molecule has 1 aliphatic heterocycles. The number of fused-ring (bicyclic) bond motifs is 1. The van der Waals surface area contributed by atoms with Crippen LogP contribution in [-0.4, -0.2) is 38.9 Å². The van der Waals surface area contributed by atoms with Crippen LogP contribution in [0.15, 0.2) is 23.0 Å². The van der Waals surface area contributed by atoms with Crippen LogP contribution in [0.25, 0.3) is 11.0 Å². The number of likely N-dealkylation sites (tertiary alicyclic amines) is 1. The number of carbonyl (C=O) groups is 2. The lowest BCUT2D eigenvalue weighted by Gasteiger charge is -2.30. The highest BCUT2D eigenvalue weighted by molar-refractivity contribution is 5.97. The molecule has 122 valence electrons. The number of rotatable bonds is 2. The molecule has 1 saturated heterocycles. The Hall–Kier alpha value is -2.57. The first-order valence-electron chi connectivity index (χ1n) is 7.64. The fourth-order valence-electron chi connectivity index (χ4n) is 3.19. The molecule has 7 heteroatoms. The highest BCUT2D eigenvalue weighted by atomic mass is 16.2. The van der Waals surface area contributed by atoms with E-state index in [2.05, 4.69) is 0 Å². The molecule has 0 unspecified atom stereocenters. The van der Waals surface area contributed by atoms with E-state index in [0.29, 0.717) is 31.5 Å². The first-order chi connectivity index (χ1) is 10.9. The Balaban J connectivity index is 1.86. The second kappa shape index (κ2) is 5.57. The quantitative estimate of drug-likeness (QED) is 0.859. The van der Waals surface area contributed by atoms with E-state index in [0.717, 1.165) is 11.0 Å². The predicted molar refractivity (Wildman–Crippen MR) is 86.0 cm³/mol. The van der Waals surface area contributed by atoms with Gasteiger partial charge < -0.3 is 10.6 Å². The highest BCUT2D eigenvalue weighted by Crippen LogP contribution is 2.20. The summed E-state index contributed by atoms with van der Waals surface area (Å²) < 4.78 is 3.09. The molecule has 7 nitrogen and oxygen atoms in total. The summed E-state index contributed by atoms with van der Waals surface area (Å²) in [6.45, 7) is 1.05. The summed E-state index contributed by atoms with van der Waals surface area (Å²) in [5.74, 6) is -0.514. The van der Waals surface area contributed by atoms with Crippen molar-refractivity contribution in [3.8, 4) is 0 Å². The monoisotopic (exact) mass is 316 g/mol. The van der Waals surface area contributed by atoms with E-state index in [4.69, 9.17) is 5.73 Å². The number of piperidine rings is 1. The summed E-state index contributed by atoms with van der Waals surface area (Å²) in [5, 5.41) is 0. The Bertz CT molecular complexity index is 841. The fraction of sp³-hybridized carbons (Fsp3) is 0.438. The molecule has 23 heavy (non-hydrogen) atoms. The molecule has 0 aliphatic carbocycles. The number of nitrogens with two attached hydrogens (primary N) is 1. The summed E-state index contributed by atoms with van der Waals surface area (Å²) in [5.41, 5.74) is 7.28. The van der Waals surface area contributed by atoms with Gasteiger partial charge in [0.1, 0.15) is 0 Å². The fourth-order valence-corrected chi connectivity index (χ4v) is 3.19. The topological polar surface area (TPSA) is 90.3 Å². The van der Waals surface area contributed by atoms with Gasteiger partial charge in [-0.1, -0.05) is 0 Å². The van der Waals surface area contributed by atoms with Crippen LogP contribution in [-0.2, 0) is 18.9 Å². The van der Waals surface area contributed by atoms with Gasteiger partial charge in [0, 0.05) is 38.7 Å². The van der Waals surface area contributed by atoms with Gasteiger partial charge in [0.05, 0.1) is 11.0 Å². The van der Waals surface area contributed by atoms with Crippen molar-refractivity contribution < 1.29 is 9.59 Å².